The van der Waals surface area contributed by atoms with Gasteiger partial charge in [-0.25, -0.2) is 0 Å². The maximum atomic E-state index is 11.2. The van der Waals surface area contributed by atoms with Crippen molar-refractivity contribution in [3.05, 3.63) is 34.9 Å². The zero-order valence-corrected chi connectivity index (χ0v) is 10.8. The lowest BCUT2D eigenvalue weighted by molar-refractivity contribution is -0.312. The largest absolute Gasteiger partial charge is 0.810 e. The summed E-state index contributed by atoms with van der Waals surface area (Å²) in [6.07, 6.45) is -0.309. The van der Waals surface area contributed by atoms with Crippen molar-refractivity contribution in [2.24, 2.45) is 0 Å². The van der Waals surface area contributed by atoms with Crippen molar-refractivity contribution in [2.75, 3.05) is 6.16 Å². The number of hydrogen-bond acceptors (Lipinski definition) is 4. The molecule has 0 atom stereocenters. The third-order valence-corrected chi connectivity index (χ3v) is 3.08. The summed E-state index contributed by atoms with van der Waals surface area (Å²) in [5, 5.41) is 0. The SMILES string of the molecule is Cc1cc(C)cc(CCC(=O)CP(=O)([O-])[O-])c1. The van der Waals surface area contributed by atoms with Gasteiger partial charge in [-0.1, -0.05) is 36.9 Å². The van der Waals surface area contributed by atoms with E-state index in [1.165, 1.54) is 0 Å². The highest BCUT2D eigenvalue weighted by Gasteiger charge is 2.05. The first-order chi connectivity index (χ1) is 7.76. The van der Waals surface area contributed by atoms with Gasteiger partial charge in [-0.2, -0.15) is 0 Å². The lowest BCUT2D eigenvalue weighted by Crippen LogP contribution is -2.22. The maximum Gasteiger partial charge on any atom is 0.138 e. The molecule has 0 fully saturated rings. The van der Waals surface area contributed by atoms with Crippen LogP contribution in [-0.4, -0.2) is 11.9 Å². The minimum absolute atomic E-state index is 0.0946. The zero-order chi connectivity index (χ0) is 13.1. The van der Waals surface area contributed by atoms with Gasteiger partial charge in [-0.05, 0) is 25.8 Å². The van der Waals surface area contributed by atoms with Crippen molar-refractivity contribution in [1.82, 2.24) is 0 Å². The summed E-state index contributed by atoms with van der Waals surface area (Å²) in [7, 11) is -4.71. The number of benzene rings is 1. The first kappa shape index (κ1) is 14.1. The van der Waals surface area contributed by atoms with Crippen LogP contribution in [0.4, 0.5) is 0 Å². The second-order valence-corrected chi connectivity index (χ2v) is 5.84. The molecule has 0 spiro atoms. The molecule has 0 saturated heterocycles. The molecule has 0 aliphatic carbocycles. The third kappa shape index (κ3) is 5.78. The van der Waals surface area contributed by atoms with Gasteiger partial charge >= 0.3 is 0 Å². The van der Waals surface area contributed by atoms with E-state index in [4.69, 9.17) is 0 Å². The molecule has 1 rings (SSSR count). The van der Waals surface area contributed by atoms with Crippen LogP contribution in [0.3, 0.4) is 0 Å². The summed E-state index contributed by atoms with van der Waals surface area (Å²) in [6.45, 7) is 3.92. The van der Waals surface area contributed by atoms with E-state index in [1.54, 1.807) is 0 Å². The highest BCUT2D eigenvalue weighted by molar-refractivity contribution is 7.49. The van der Waals surface area contributed by atoms with Crippen molar-refractivity contribution in [3.63, 3.8) is 0 Å². The van der Waals surface area contributed by atoms with E-state index >= 15 is 0 Å². The quantitative estimate of drug-likeness (QED) is 0.725. The molecule has 1 aromatic carbocycles. The van der Waals surface area contributed by atoms with E-state index in [2.05, 4.69) is 0 Å². The molecule has 0 aliphatic heterocycles. The Labute approximate surface area is 101 Å². The van der Waals surface area contributed by atoms with Gasteiger partial charge in [0, 0.05) is 12.6 Å². The normalized spacial score (nSPS) is 11.5. The number of carbonyl (C=O) groups is 1. The van der Waals surface area contributed by atoms with Gasteiger partial charge in [-0.3, -0.25) is 4.79 Å². The highest BCUT2D eigenvalue weighted by atomic mass is 31.2. The van der Waals surface area contributed by atoms with Crippen LogP contribution >= 0.6 is 7.60 Å². The van der Waals surface area contributed by atoms with E-state index in [9.17, 15) is 19.1 Å². The van der Waals surface area contributed by atoms with Gasteiger partial charge in [0.25, 0.3) is 0 Å². The lowest BCUT2D eigenvalue weighted by atomic mass is 10.0. The van der Waals surface area contributed by atoms with E-state index in [0.29, 0.717) is 6.42 Å². The fourth-order valence-electron chi connectivity index (χ4n) is 1.79. The van der Waals surface area contributed by atoms with E-state index in [0.717, 1.165) is 16.7 Å². The molecular formula is C12H15O4P-2. The molecule has 0 saturated carbocycles. The molecule has 0 bridgehead atoms. The molecule has 0 aromatic heterocycles. The number of Topliss-reactive ketones (excluding diaryl/α,β-unsaturated/α-hetero) is 1. The number of aryl methyl sites for hydroxylation is 3. The molecule has 4 nitrogen and oxygen atoms in total. The third-order valence-electron chi connectivity index (χ3n) is 2.34. The predicted octanol–water partition coefficient (Wildman–Crippen LogP) is 0.719. The van der Waals surface area contributed by atoms with Gasteiger partial charge in [0.2, 0.25) is 0 Å². The average molecular weight is 254 g/mol. The number of carbonyl (C=O) groups excluding carboxylic acids is 1. The monoisotopic (exact) mass is 254 g/mol. The Morgan fingerprint density at radius 1 is 1.18 bits per heavy atom. The number of ketones is 1. The molecule has 1 aromatic rings. The Morgan fingerprint density at radius 3 is 2.18 bits per heavy atom. The Hall–Kier alpha value is -0.960. The van der Waals surface area contributed by atoms with Crippen LogP contribution in [0.15, 0.2) is 18.2 Å². The summed E-state index contributed by atoms with van der Waals surface area (Å²) in [6, 6.07) is 5.93. The van der Waals surface area contributed by atoms with Crippen LogP contribution in [0.1, 0.15) is 23.1 Å². The summed E-state index contributed by atoms with van der Waals surface area (Å²) < 4.78 is 10.4. The van der Waals surface area contributed by atoms with Gasteiger partial charge in [0.1, 0.15) is 5.78 Å². The fourth-order valence-corrected chi connectivity index (χ4v) is 2.38. The van der Waals surface area contributed by atoms with Crippen LogP contribution in [0.5, 0.6) is 0 Å². The predicted molar refractivity (Wildman–Crippen MR) is 61.7 cm³/mol. The van der Waals surface area contributed by atoms with Gasteiger partial charge in [-0.15, -0.1) is 0 Å². The summed E-state index contributed by atoms with van der Waals surface area (Å²) in [4.78, 5) is 32.1. The zero-order valence-electron chi connectivity index (χ0n) is 9.93. The lowest BCUT2D eigenvalue weighted by Gasteiger charge is -2.28. The van der Waals surface area contributed by atoms with Crippen molar-refractivity contribution in [3.8, 4) is 0 Å². The van der Waals surface area contributed by atoms with Gasteiger partial charge in [0.05, 0.1) is 0 Å². The van der Waals surface area contributed by atoms with Crippen molar-refractivity contribution < 1.29 is 19.1 Å². The van der Waals surface area contributed by atoms with E-state index < -0.39 is 19.5 Å². The Bertz CT molecular complexity index is 441. The molecule has 0 amide bonds. The second-order valence-electron chi connectivity index (χ2n) is 4.30. The molecule has 0 N–H and O–H groups in total. The summed E-state index contributed by atoms with van der Waals surface area (Å²) in [5.74, 6) is -0.516. The first-order valence-electron chi connectivity index (χ1n) is 5.36. The number of rotatable bonds is 5. The number of hydrogen-bond donors (Lipinski definition) is 0. The smallest absolute Gasteiger partial charge is 0.138 e. The Morgan fingerprint density at radius 2 is 1.71 bits per heavy atom. The van der Waals surface area contributed by atoms with Gasteiger partial charge in [0.15, 0.2) is 0 Å². The molecule has 0 aliphatic rings. The van der Waals surface area contributed by atoms with Crippen LogP contribution in [-0.2, 0) is 15.8 Å². The van der Waals surface area contributed by atoms with Crippen molar-refractivity contribution in [1.29, 1.82) is 0 Å². The maximum absolute atomic E-state index is 11.2. The van der Waals surface area contributed by atoms with Crippen LogP contribution in [0, 0.1) is 13.8 Å². The Balaban J connectivity index is 2.56. The second kappa shape index (κ2) is 5.58. The van der Waals surface area contributed by atoms with Gasteiger partial charge < -0.3 is 14.4 Å². The first-order valence-corrected chi connectivity index (χ1v) is 7.09. The molecular weight excluding hydrogens is 239 g/mol. The standard InChI is InChI=1S/C12H17O4P/c1-9-5-10(2)7-11(6-9)3-4-12(13)8-17(14,15)16/h5-7H,3-4,8H2,1-2H3,(H2,14,15,16)/p-2. The molecule has 5 heteroatoms. The summed E-state index contributed by atoms with van der Waals surface area (Å²) >= 11 is 0. The van der Waals surface area contributed by atoms with E-state index in [1.807, 2.05) is 32.0 Å². The van der Waals surface area contributed by atoms with Crippen molar-refractivity contribution in [2.45, 2.75) is 26.7 Å². The molecule has 0 heterocycles. The van der Waals surface area contributed by atoms with Crippen LogP contribution in [0.25, 0.3) is 0 Å². The van der Waals surface area contributed by atoms with E-state index in [-0.39, 0.29) is 6.42 Å². The topological polar surface area (TPSA) is 80.3 Å². The minimum Gasteiger partial charge on any atom is -0.810 e. The Kier molecular flexibility index (Phi) is 4.63. The summed E-state index contributed by atoms with van der Waals surface area (Å²) in [5.41, 5.74) is 3.19. The van der Waals surface area contributed by atoms with Crippen LogP contribution < -0.4 is 9.79 Å². The van der Waals surface area contributed by atoms with Crippen LogP contribution in [0.2, 0.25) is 0 Å². The fraction of sp³-hybridized carbons (Fsp3) is 0.417. The molecule has 94 valence electrons. The average Bonchev–Trinajstić information content (AvgIpc) is 2.10. The molecule has 0 radical (unpaired) electrons. The molecule has 17 heavy (non-hydrogen) atoms. The van der Waals surface area contributed by atoms with Crippen molar-refractivity contribution >= 4 is 13.4 Å². The highest BCUT2D eigenvalue weighted by Crippen LogP contribution is 2.23. The minimum atomic E-state index is -4.71. The molecule has 0 unspecified atom stereocenters.